The van der Waals surface area contributed by atoms with Crippen LogP contribution in [0.2, 0.25) is 0 Å². The first kappa shape index (κ1) is 23.4. The molecule has 2 aliphatic rings. The summed E-state index contributed by atoms with van der Waals surface area (Å²) in [5, 5.41) is 12.2. The number of nitrogens with one attached hydrogen (secondary N) is 1. The van der Waals surface area contributed by atoms with Crippen molar-refractivity contribution in [1.82, 2.24) is 5.01 Å². The minimum Gasteiger partial charge on any atom is -0.508 e. The van der Waals surface area contributed by atoms with Crippen LogP contribution in [-0.2, 0) is 15.0 Å². The van der Waals surface area contributed by atoms with Gasteiger partial charge in [0.1, 0.15) is 11.5 Å². The van der Waals surface area contributed by atoms with Gasteiger partial charge in [-0.15, -0.1) is 0 Å². The number of aromatic hydroxyl groups is 1. The van der Waals surface area contributed by atoms with E-state index >= 15 is 0 Å². The van der Waals surface area contributed by atoms with Crippen LogP contribution >= 0.6 is 0 Å². The summed E-state index contributed by atoms with van der Waals surface area (Å²) in [5.41, 5.74) is 5.47. The van der Waals surface area contributed by atoms with Crippen molar-refractivity contribution in [2.45, 2.75) is 24.7 Å². The van der Waals surface area contributed by atoms with Crippen molar-refractivity contribution < 1.29 is 19.4 Å². The molecule has 1 aliphatic heterocycles. The fourth-order valence-electron chi connectivity index (χ4n) is 5.62. The number of aryl methyl sites for hydroxylation is 1. The molecule has 1 heterocycles. The minimum atomic E-state index is -1.29. The Bertz CT molecular complexity index is 1360. The highest BCUT2D eigenvalue weighted by atomic mass is 16.5. The summed E-state index contributed by atoms with van der Waals surface area (Å²) in [4.78, 5) is 28.4. The van der Waals surface area contributed by atoms with Gasteiger partial charge in [0.25, 0.3) is 11.8 Å². The van der Waals surface area contributed by atoms with Gasteiger partial charge in [0.05, 0.1) is 24.1 Å². The Hall–Kier alpha value is -4.32. The average molecular weight is 481 g/mol. The van der Waals surface area contributed by atoms with Gasteiger partial charge in [0, 0.05) is 11.5 Å². The van der Waals surface area contributed by atoms with Crippen LogP contribution in [0.25, 0.3) is 0 Å². The van der Waals surface area contributed by atoms with Crippen molar-refractivity contribution in [3.05, 3.63) is 114 Å². The van der Waals surface area contributed by atoms with Gasteiger partial charge in [0.15, 0.2) is 0 Å². The molecule has 0 unspecified atom stereocenters. The van der Waals surface area contributed by atoms with E-state index in [1.807, 2.05) is 67.6 Å². The number of rotatable bonds is 6. The summed E-state index contributed by atoms with van der Waals surface area (Å²) >= 11 is 0. The predicted molar refractivity (Wildman–Crippen MR) is 139 cm³/mol. The van der Waals surface area contributed by atoms with Gasteiger partial charge in [-0.05, 0) is 54.8 Å². The molecule has 3 atom stereocenters. The number of imide groups is 1. The smallest absolute Gasteiger partial charge is 0.260 e. The normalized spacial score (nSPS) is 23.2. The Morgan fingerprint density at radius 1 is 1.08 bits per heavy atom. The number of hydrogen-bond donors (Lipinski definition) is 2. The number of amides is 2. The van der Waals surface area contributed by atoms with E-state index in [1.54, 1.807) is 31.4 Å². The van der Waals surface area contributed by atoms with E-state index in [-0.39, 0.29) is 17.6 Å². The largest absolute Gasteiger partial charge is 0.508 e. The van der Waals surface area contributed by atoms with Gasteiger partial charge in [-0.2, -0.15) is 5.01 Å². The molecular weight excluding hydrogens is 452 g/mol. The molecule has 0 saturated carbocycles. The fraction of sp³-hybridized carbons (Fsp3) is 0.200. The molecule has 1 saturated heterocycles. The number of ether oxygens (including phenoxy) is 1. The Balaban J connectivity index is 1.74. The van der Waals surface area contributed by atoms with Crippen LogP contribution in [-0.4, -0.2) is 29.0 Å². The number of hydrogen-bond acceptors (Lipinski definition) is 5. The lowest BCUT2D eigenvalue weighted by Crippen LogP contribution is -2.48. The monoisotopic (exact) mass is 480 g/mol. The second kappa shape index (κ2) is 9.04. The fourth-order valence-corrected chi connectivity index (χ4v) is 5.62. The maximum absolute atomic E-state index is 14.5. The maximum atomic E-state index is 14.5. The molecule has 2 amide bonds. The van der Waals surface area contributed by atoms with E-state index in [0.717, 1.165) is 16.1 Å². The third-order valence-electron chi connectivity index (χ3n) is 7.33. The lowest BCUT2D eigenvalue weighted by Gasteiger charge is -2.43. The number of fused-ring (bicyclic) bond motifs is 1. The molecule has 1 aliphatic carbocycles. The van der Waals surface area contributed by atoms with Crippen LogP contribution in [0.5, 0.6) is 11.5 Å². The van der Waals surface area contributed by atoms with Crippen LogP contribution in [0.1, 0.15) is 29.0 Å². The van der Waals surface area contributed by atoms with Gasteiger partial charge in [-0.3, -0.25) is 15.0 Å². The topological polar surface area (TPSA) is 78.9 Å². The summed E-state index contributed by atoms with van der Waals surface area (Å²) in [6, 6.07) is 21.8. The Labute approximate surface area is 210 Å². The maximum Gasteiger partial charge on any atom is 0.260 e. The molecule has 36 heavy (non-hydrogen) atoms. The number of phenols is 1. The van der Waals surface area contributed by atoms with E-state index in [1.165, 1.54) is 0 Å². The van der Waals surface area contributed by atoms with Crippen molar-refractivity contribution in [3.63, 3.8) is 0 Å². The molecule has 1 fully saturated rings. The van der Waals surface area contributed by atoms with E-state index in [2.05, 4.69) is 12.0 Å². The van der Waals surface area contributed by atoms with Gasteiger partial charge in [-0.25, -0.2) is 0 Å². The SMILES string of the molecule is C=CC1=CC[C@H]2C(=O)N(Nc3ccc(C)cc3)C(=O)[C@@]2(c2ccccc2)[C@H]1c1cc(OC)ccc1O. The number of phenolic OH excluding ortho intramolecular Hbond substituents is 1. The molecule has 0 aromatic heterocycles. The molecule has 2 N–H and O–H groups in total. The number of allylic oxidation sites excluding steroid dienone is 3. The molecule has 5 rings (SSSR count). The first-order valence-electron chi connectivity index (χ1n) is 11.9. The lowest BCUT2D eigenvalue weighted by atomic mass is 9.56. The van der Waals surface area contributed by atoms with Crippen molar-refractivity contribution in [2.24, 2.45) is 5.92 Å². The number of methoxy groups -OCH3 is 1. The molecule has 6 nitrogen and oxygen atoms in total. The third-order valence-corrected chi connectivity index (χ3v) is 7.33. The van der Waals surface area contributed by atoms with Crippen LogP contribution in [0, 0.1) is 12.8 Å². The van der Waals surface area contributed by atoms with E-state index < -0.39 is 17.3 Å². The second-order valence-electron chi connectivity index (χ2n) is 9.25. The highest BCUT2D eigenvalue weighted by Gasteiger charge is 2.66. The summed E-state index contributed by atoms with van der Waals surface area (Å²) in [6.07, 6.45) is 4.02. The van der Waals surface area contributed by atoms with Crippen molar-refractivity contribution in [3.8, 4) is 11.5 Å². The number of anilines is 1. The van der Waals surface area contributed by atoms with Gasteiger partial charge < -0.3 is 9.84 Å². The Morgan fingerprint density at radius 3 is 2.47 bits per heavy atom. The molecule has 0 radical (unpaired) electrons. The lowest BCUT2D eigenvalue weighted by molar-refractivity contribution is -0.138. The molecule has 3 aromatic rings. The molecule has 0 bridgehead atoms. The van der Waals surface area contributed by atoms with Crippen molar-refractivity contribution in [1.29, 1.82) is 0 Å². The van der Waals surface area contributed by atoms with E-state index in [9.17, 15) is 14.7 Å². The number of benzene rings is 3. The molecular formula is C30H28N2O4. The summed E-state index contributed by atoms with van der Waals surface area (Å²) in [7, 11) is 1.55. The Kier molecular flexibility index (Phi) is 5.88. The van der Waals surface area contributed by atoms with Crippen molar-refractivity contribution in [2.75, 3.05) is 12.5 Å². The first-order valence-corrected chi connectivity index (χ1v) is 11.9. The molecule has 182 valence electrons. The van der Waals surface area contributed by atoms with Crippen LogP contribution in [0.4, 0.5) is 5.69 Å². The van der Waals surface area contributed by atoms with Gasteiger partial charge in [-0.1, -0.05) is 66.8 Å². The number of hydrazine groups is 1. The van der Waals surface area contributed by atoms with Crippen LogP contribution < -0.4 is 10.2 Å². The van der Waals surface area contributed by atoms with Gasteiger partial charge in [0.2, 0.25) is 0 Å². The van der Waals surface area contributed by atoms with Crippen LogP contribution in [0.15, 0.2) is 97.1 Å². The summed E-state index contributed by atoms with van der Waals surface area (Å²) < 4.78 is 5.45. The standard InChI is InChI=1S/C30H28N2O4/c1-4-20-12-16-25-28(34)32(31-22-13-10-19(2)11-14-22)29(35)30(25,21-8-6-5-7-9-21)27(20)24-18-23(36-3)15-17-26(24)33/h4-15,17-18,25,27,31,33H,1,16H2,2-3H3/t25-,27+,30+/m0/s1. The zero-order chi connectivity index (χ0) is 25.4. The summed E-state index contributed by atoms with van der Waals surface area (Å²) in [5.74, 6) is -1.45. The van der Waals surface area contributed by atoms with Gasteiger partial charge >= 0.3 is 0 Å². The minimum absolute atomic E-state index is 0.0229. The molecule has 6 heteroatoms. The zero-order valence-corrected chi connectivity index (χ0v) is 20.3. The Morgan fingerprint density at radius 2 is 1.81 bits per heavy atom. The highest BCUT2D eigenvalue weighted by Crippen LogP contribution is 2.58. The van der Waals surface area contributed by atoms with Crippen LogP contribution in [0.3, 0.4) is 0 Å². The quantitative estimate of drug-likeness (QED) is 0.471. The second-order valence-corrected chi connectivity index (χ2v) is 9.25. The predicted octanol–water partition coefficient (Wildman–Crippen LogP) is 5.26. The number of carbonyl (C=O) groups is 2. The zero-order valence-electron chi connectivity index (χ0n) is 20.3. The van der Waals surface area contributed by atoms with E-state index in [0.29, 0.717) is 29.0 Å². The third kappa shape index (κ3) is 3.49. The molecule has 3 aromatic carbocycles. The summed E-state index contributed by atoms with van der Waals surface area (Å²) in [6.45, 7) is 5.98. The first-order chi connectivity index (χ1) is 17.4. The average Bonchev–Trinajstić information content (AvgIpc) is 3.12. The highest BCUT2D eigenvalue weighted by molar-refractivity contribution is 6.12. The number of carbonyl (C=O) groups excluding carboxylic acids is 2. The molecule has 0 spiro atoms. The number of nitrogens with zero attached hydrogens (tertiary/aromatic N) is 1. The van der Waals surface area contributed by atoms with Crippen molar-refractivity contribution >= 4 is 17.5 Å². The van der Waals surface area contributed by atoms with E-state index in [4.69, 9.17) is 4.74 Å².